The van der Waals surface area contributed by atoms with Gasteiger partial charge in [-0.05, 0) is 24.3 Å². The van der Waals surface area contributed by atoms with Crippen LogP contribution < -0.4 is 4.74 Å². The summed E-state index contributed by atoms with van der Waals surface area (Å²) >= 11 is 0. The minimum atomic E-state index is -4.60. The van der Waals surface area contributed by atoms with Crippen molar-refractivity contribution in [3.8, 4) is 11.5 Å². The molecule has 2 aromatic carbocycles. The van der Waals surface area contributed by atoms with E-state index in [1.807, 2.05) is 6.07 Å². The molecule has 6 heteroatoms. The van der Waals surface area contributed by atoms with Crippen molar-refractivity contribution in [1.29, 1.82) is 0 Å². The summed E-state index contributed by atoms with van der Waals surface area (Å²) < 4.78 is 38.2. The summed E-state index contributed by atoms with van der Waals surface area (Å²) in [5.41, 5.74) is 0. The lowest BCUT2D eigenvalue weighted by molar-refractivity contribution is -0.274. The van der Waals surface area contributed by atoms with Gasteiger partial charge in [0.05, 0.1) is 0 Å². The topological polar surface area (TPSA) is 29.5 Å². The fourth-order valence-electron chi connectivity index (χ4n) is 1.05. The third-order valence-electron chi connectivity index (χ3n) is 1.73. The van der Waals surface area contributed by atoms with Gasteiger partial charge >= 0.3 is 6.36 Å². The van der Waals surface area contributed by atoms with Crippen LogP contribution >= 0.6 is 13.5 Å². The van der Waals surface area contributed by atoms with Crippen molar-refractivity contribution in [2.24, 2.45) is 0 Å². The van der Waals surface area contributed by atoms with E-state index in [1.54, 1.807) is 30.3 Å². The first-order chi connectivity index (χ1) is 8.47. The Kier molecular flexibility index (Phi) is 7.52. The fourth-order valence-corrected chi connectivity index (χ4v) is 1.05. The molecule has 0 spiro atoms. The number of phenolic OH excluding ortho intramolecular Hbond substituents is 1. The van der Waals surface area contributed by atoms with E-state index < -0.39 is 6.36 Å². The summed E-state index contributed by atoms with van der Waals surface area (Å²) in [6.07, 6.45) is -4.60. The van der Waals surface area contributed by atoms with E-state index >= 15 is 0 Å². The van der Waals surface area contributed by atoms with E-state index in [2.05, 4.69) is 4.74 Å². The third kappa shape index (κ3) is 8.84. The summed E-state index contributed by atoms with van der Waals surface area (Å²) in [5.74, 6) is 0.127. The molecule has 0 heterocycles. The van der Waals surface area contributed by atoms with Crippen molar-refractivity contribution in [1.82, 2.24) is 0 Å². The van der Waals surface area contributed by atoms with E-state index in [9.17, 15) is 13.2 Å². The number of hydrogen-bond acceptors (Lipinski definition) is 2. The first-order valence-corrected chi connectivity index (χ1v) is 5.02. The molecule has 1 N–H and O–H groups in total. The molecule has 2 nitrogen and oxygen atoms in total. The van der Waals surface area contributed by atoms with Crippen molar-refractivity contribution >= 4 is 13.5 Å². The van der Waals surface area contributed by atoms with E-state index in [-0.39, 0.29) is 19.2 Å². The molecule has 0 bridgehead atoms. The minimum Gasteiger partial charge on any atom is -0.508 e. The Morgan fingerprint density at radius 1 is 0.789 bits per heavy atom. The molecule has 0 unspecified atom stereocenters. The zero-order valence-electron chi connectivity index (χ0n) is 9.76. The lowest BCUT2D eigenvalue weighted by Gasteiger charge is -2.07. The number of alkyl halides is 3. The molecule has 0 aromatic heterocycles. The van der Waals surface area contributed by atoms with Gasteiger partial charge in [-0.25, -0.2) is 0 Å². The number of para-hydroxylation sites is 2. The standard InChI is InChI=1S/C7H5F3O.C6H6O.H2S/c8-7(9,10)11-6-4-2-1-3-5-6;7-6-4-2-1-3-5-6;/h1-5H;1-5,7H;1H2. The van der Waals surface area contributed by atoms with Gasteiger partial charge in [0.25, 0.3) is 0 Å². The highest BCUT2D eigenvalue weighted by molar-refractivity contribution is 7.59. The molecular formula is C13H13F3O2S. The van der Waals surface area contributed by atoms with Crippen LogP contribution in [-0.4, -0.2) is 11.5 Å². The molecule has 0 saturated heterocycles. The quantitative estimate of drug-likeness (QED) is 0.857. The molecule has 0 aliphatic rings. The Morgan fingerprint density at radius 2 is 1.21 bits per heavy atom. The van der Waals surface area contributed by atoms with Crippen LogP contribution in [0.3, 0.4) is 0 Å². The van der Waals surface area contributed by atoms with Crippen LogP contribution in [0.5, 0.6) is 11.5 Å². The van der Waals surface area contributed by atoms with Gasteiger partial charge in [0.2, 0.25) is 0 Å². The van der Waals surface area contributed by atoms with Crippen molar-refractivity contribution in [3.63, 3.8) is 0 Å². The smallest absolute Gasteiger partial charge is 0.508 e. The van der Waals surface area contributed by atoms with Crippen LogP contribution in [0.4, 0.5) is 13.2 Å². The predicted octanol–water partition coefficient (Wildman–Crippen LogP) is 4.09. The van der Waals surface area contributed by atoms with Gasteiger partial charge < -0.3 is 9.84 Å². The fraction of sp³-hybridized carbons (Fsp3) is 0.0769. The molecule has 0 aliphatic heterocycles. The third-order valence-corrected chi connectivity index (χ3v) is 1.73. The van der Waals surface area contributed by atoms with Crippen molar-refractivity contribution < 1.29 is 23.0 Å². The molecule has 0 atom stereocenters. The minimum absolute atomic E-state index is 0. The van der Waals surface area contributed by atoms with Gasteiger partial charge in [-0.3, -0.25) is 0 Å². The summed E-state index contributed by atoms with van der Waals surface area (Å²) in [7, 11) is 0. The van der Waals surface area contributed by atoms with Gasteiger partial charge in [0.1, 0.15) is 11.5 Å². The van der Waals surface area contributed by atoms with Crippen LogP contribution in [0.25, 0.3) is 0 Å². The summed E-state index contributed by atoms with van der Waals surface area (Å²) in [6, 6.07) is 15.8. The van der Waals surface area contributed by atoms with E-state index in [1.165, 1.54) is 24.3 Å². The van der Waals surface area contributed by atoms with E-state index in [4.69, 9.17) is 5.11 Å². The largest absolute Gasteiger partial charge is 0.573 e. The number of ether oxygens (including phenoxy) is 1. The Balaban J connectivity index is 0.000000352. The predicted molar refractivity (Wildman–Crippen MR) is 71.6 cm³/mol. The van der Waals surface area contributed by atoms with Gasteiger partial charge in [-0.1, -0.05) is 36.4 Å². The maximum Gasteiger partial charge on any atom is 0.573 e. The highest BCUT2D eigenvalue weighted by atomic mass is 32.1. The van der Waals surface area contributed by atoms with Crippen molar-refractivity contribution in [2.45, 2.75) is 6.36 Å². The molecule has 2 rings (SSSR count). The zero-order chi connectivity index (χ0) is 13.4. The van der Waals surface area contributed by atoms with Crippen LogP contribution in [0.15, 0.2) is 60.7 Å². The molecule has 0 aliphatic carbocycles. The average molecular weight is 290 g/mol. The second-order valence-electron chi connectivity index (χ2n) is 3.20. The molecule has 104 valence electrons. The Morgan fingerprint density at radius 3 is 1.53 bits per heavy atom. The van der Waals surface area contributed by atoms with Crippen LogP contribution in [0, 0.1) is 0 Å². The maximum atomic E-state index is 11.5. The number of rotatable bonds is 1. The number of aromatic hydroxyl groups is 1. The SMILES string of the molecule is FC(F)(F)Oc1ccccc1.Oc1ccccc1.S. The Hall–Kier alpha value is -1.82. The lowest BCUT2D eigenvalue weighted by Crippen LogP contribution is -2.16. The van der Waals surface area contributed by atoms with E-state index in [0.29, 0.717) is 5.75 Å². The monoisotopic (exact) mass is 290 g/mol. The van der Waals surface area contributed by atoms with E-state index in [0.717, 1.165) is 0 Å². The van der Waals surface area contributed by atoms with Crippen LogP contribution in [0.1, 0.15) is 0 Å². The van der Waals surface area contributed by atoms with Crippen molar-refractivity contribution in [3.05, 3.63) is 60.7 Å². The van der Waals surface area contributed by atoms with Gasteiger partial charge in [-0.15, -0.1) is 13.2 Å². The molecule has 19 heavy (non-hydrogen) atoms. The average Bonchev–Trinajstić information content (AvgIpc) is 2.30. The molecule has 0 amide bonds. The zero-order valence-corrected chi connectivity index (χ0v) is 10.8. The number of phenols is 1. The first kappa shape index (κ1) is 17.2. The highest BCUT2D eigenvalue weighted by Gasteiger charge is 2.30. The molecule has 2 aromatic rings. The number of hydrogen-bond donors (Lipinski definition) is 1. The van der Waals surface area contributed by atoms with Gasteiger partial charge in [0, 0.05) is 0 Å². The molecular weight excluding hydrogens is 277 g/mol. The van der Waals surface area contributed by atoms with Crippen LogP contribution in [-0.2, 0) is 0 Å². The number of benzene rings is 2. The molecule has 0 fully saturated rings. The summed E-state index contributed by atoms with van der Waals surface area (Å²) in [6.45, 7) is 0. The Bertz CT molecular complexity index is 446. The number of halogens is 3. The van der Waals surface area contributed by atoms with Gasteiger partial charge in [0.15, 0.2) is 0 Å². The molecule has 0 radical (unpaired) electrons. The lowest BCUT2D eigenvalue weighted by atomic mass is 10.3. The summed E-state index contributed by atoms with van der Waals surface area (Å²) in [4.78, 5) is 0. The van der Waals surface area contributed by atoms with Gasteiger partial charge in [-0.2, -0.15) is 13.5 Å². The van der Waals surface area contributed by atoms with Crippen LogP contribution in [0.2, 0.25) is 0 Å². The summed E-state index contributed by atoms with van der Waals surface area (Å²) in [5, 5.41) is 8.63. The highest BCUT2D eigenvalue weighted by Crippen LogP contribution is 2.21. The Labute approximate surface area is 115 Å². The normalized spacial score (nSPS) is 9.63. The second kappa shape index (κ2) is 8.31. The molecule has 0 saturated carbocycles. The second-order valence-corrected chi connectivity index (χ2v) is 3.20. The first-order valence-electron chi connectivity index (χ1n) is 5.02. The maximum absolute atomic E-state index is 11.5. The van der Waals surface area contributed by atoms with Crippen molar-refractivity contribution in [2.75, 3.05) is 0 Å².